The van der Waals surface area contributed by atoms with E-state index in [1.54, 1.807) is 42.6 Å². The number of phenols is 1. The molecule has 0 atom stereocenters. The molecule has 0 bridgehead atoms. The fourth-order valence-corrected chi connectivity index (χ4v) is 2.64. The number of aromatic nitrogens is 3. The minimum Gasteiger partial charge on any atom is -0.508 e. The Bertz CT molecular complexity index is 994. The van der Waals surface area contributed by atoms with Crippen molar-refractivity contribution < 1.29 is 9.50 Å². The Kier molecular flexibility index (Phi) is 3.74. The van der Waals surface area contributed by atoms with E-state index in [1.807, 2.05) is 18.2 Å². The zero-order valence-electron chi connectivity index (χ0n) is 13.1. The molecule has 4 rings (SSSR count). The molecule has 2 heterocycles. The highest BCUT2D eigenvalue weighted by molar-refractivity contribution is 5.79. The molecule has 122 valence electrons. The average molecular weight is 331 g/mol. The van der Waals surface area contributed by atoms with Crippen LogP contribution in [0.1, 0.15) is 0 Å². The van der Waals surface area contributed by atoms with Crippen molar-refractivity contribution in [3.63, 3.8) is 0 Å². The lowest BCUT2D eigenvalue weighted by Gasteiger charge is -2.02. The predicted molar refractivity (Wildman–Crippen MR) is 94.3 cm³/mol. The summed E-state index contributed by atoms with van der Waals surface area (Å²) in [7, 11) is 0. The molecule has 0 fully saturated rings. The molecule has 2 aromatic heterocycles. The number of aromatic hydroxyl groups is 1. The number of H-pyrrole nitrogens is 1. The van der Waals surface area contributed by atoms with Crippen molar-refractivity contribution in [3.8, 4) is 39.8 Å². The molecule has 0 aliphatic carbocycles. The van der Waals surface area contributed by atoms with Gasteiger partial charge in [-0.3, -0.25) is 4.98 Å². The smallest absolute Gasteiger partial charge is 0.138 e. The van der Waals surface area contributed by atoms with E-state index < -0.39 is 0 Å². The summed E-state index contributed by atoms with van der Waals surface area (Å²) in [4.78, 5) is 12.4. The van der Waals surface area contributed by atoms with Gasteiger partial charge in [0.2, 0.25) is 0 Å². The molecule has 0 spiro atoms. The van der Waals surface area contributed by atoms with Crippen LogP contribution in [0.3, 0.4) is 0 Å². The minimum atomic E-state index is -0.294. The van der Waals surface area contributed by atoms with Crippen molar-refractivity contribution >= 4 is 0 Å². The fourth-order valence-electron chi connectivity index (χ4n) is 2.64. The second kappa shape index (κ2) is 6.20. The molecule has 5 heteroatoms. The second-order valence-electron chi connectivity index (χ2n) is 5.58. The summed E-state index contributed by atoms with van der Waals surface area (Å²) in [5.74, 6) is 0.552. The topological polar surface area (TPSA) is 61.8 Å². The Balaban J connectivity index is 1.89. The number of imidazole rings is 1. The molecule has 4 nitrogen and oxygen atoms in total. The van der Waals surface area contributed by atoms with Crippen LogP contribution in [0.5, 0.6) is 5.75 Å². The number of phenolic OH excluding ortho intramolecular Hbond substituents is 1. The Morgan fingerprint density at radius 3 is 2.24 bits per heavy atom. The quantitative estimate of drug-likeness (QED) is 0.574. The molecule has 0 saturated heterocycles. The summed E-state index contributed by atoms with van der Waals surface area (Å²) >= 11 is 0. The summed E-state index contributed by atoms with van der Waals surface area (Å²) in [6.07, 6.45) is 1.71. The monoisotopic (exact) mass is 331 g/mol. The number of hydrogen-bond acceptors (Lipinski definition) is 3. The van der Waals surface area contributed by atoms with Crippen LogP contribution in [-0.2, 0) is 0 Å². The number of aromatic amines is 1. The highest BCUT2D eigenvalue weighted by atomic mass is 19.1. The molecular formula is C20H14FN3O. The van der Waals surface area contributed by atoms with E-state index in [0.717, 1.165) is 22.5 Å². The van der Waals surface area contributed by atoms with Crippen molar-refractivity contribution in [3.05, 3.63) is 78.7 Å². The van der Waals surface area contributed by atoms with Gasteiger partial charge in [0, 0.05) is 17.3 Å². The van der Waals surface area contributed by atoms with Crippen LogP contribution in [0.25, 0.3) is 34.0 Å². The van der Waals surface area contributed by atoms with Crippen molar-refractivity contribution in [2.45, 2.75) is 0 Å². The minimum absolute atomic E-state index is 0.194. The van der Waals surface area contributed by atoms with E-state index in [2.05, 4.69) is 15.0 Å². The van der Waals surface area contributed by atoms with E-state index in [-0.39, 0.29) is 11.6 Å². The molecule has 0 unspecified atom stereocenters. The highest BCUT2D eigenvalue weighted by Crippen LogP contribution is 2.32. The zero-order chi connectivity index (χ0) is 17.2. The van der Waals surface area contributed by atoms with Crippen molar-refractivity contribution in [1.29, 1.82) is 0 Å². The van der Waals surface area contributed by atoms with Crippen LogP contribution in [0.4, 0.5) is 4.39 Å². The summed E-state index contributed by atoms with van der Waals surface area (Å²) in [6, 6.07) is 18.6. The van der Waals surface area contributed by atoms with Gasteiger partial charge in [0.25, 0.3) is 0 Å². The Labute approximate surface area is 143 Å². The standard InChI is InChI=1S/C20H14FN3O/c21-15-8-4-13(5-9-15)18-19(17-3-1-2-12-22-17)24-20(23-18)14-6-10-16(25)11-7-14/h1-12,25H,(H,23,24). The number of benzene rings is 2. The summed E-state index contributed by atoms with van der Waals surface area (Å²) < 4.78 is 13.3. The molecule has 25 heavy (non-hydrogen) atoms. The Morgan fingerprint density at radius 2 is 1.56 bits per heavy atom. The van der Waals surface area contributed by atoms with Gasteiger partial charge >= 0.3 is 0 Å². The van der Waals surface area contributed by atoms with Crippen molar-refractivity contribution in [2.24, 2.45) is 0 Å². The van der Waals surface area contributed by atoms with Gasteiger partial charge in [0.15, 0.2) is 0 Å². The number of pyridine rings is 1. The SMILES string of the molecule is Oc1ccc(-c2nc(-c3ccc(F)cc3)c(-c3ccccn3)[nH]2)cc1. The lowest BCUT2D eigenvalue weighted by Crippen LogP contribution is -1.86. The first-order valence-electron chi connectivity index (χ1n) is 7.77. The number of halogens is 1. The maximum atomic E-state index is 13.3. The largest absolute Gasteiger partial charge is 0.508 e. The van der Waals surface area contributed by atoms with E-state index >= 15 is 0 Å². The lowest BCUT2D eigenvalue weighted by molar-refractivity contribution is 0.475. The molecule has 0 saturated carbocycles. The van der Waals surface area contributed by atoms with Gasteiger partial charge in [-0.15, -0.1) is 0 Å². The van der Waals surface area contributed by atoms with Gasteiger partial charge in [0.05, 0.1) is 17.1 Å². The summed E-state index contributed by atoms with van der Waals surface area (Å²) in [5, 5.41) is 9.47. The molecule has 0 aliphatic rings. The predicted octanol–water partition coefficient (Wildman–Crippen LogP) is 4.65. The zero-order valence-corrected chi connectivity index (χ0v) is 13.1. The molecule has 2 N–H and O–H groups in total. The lowest BCUT2D eigenvalue weighted by atomic mass is 10.1. The van der Waals surface area contributed by atoms with E-state index in [1.165, 1.54) is 12.1 Å². The molecule has 4 aromatic rings. The van der Waals surface area contributed by atoms with E-state index in [9.17, 15) is 9.50 Å². The highest BCUT2D eigenvalue weighted by Gasteiger charge is 2.16. The van der Waals surface area contributed by atoms with Crippen LogP contribution >= 0.6 is 0 Å². The Morgan fingerprint density at radius 1 is 0.840 bits per heavy atom. The molecule has 0 radical (unpaired) electrons. The first-order chi connectivity index (χ1) is 12.2. The number of rotatable bonds is 3. The summed E-state index contributed by atoms with van der Waals surface area (Å²) in [5.41, 5.74) is 3.84. The van der Waals surface area contributed by atoms with Gasteiger partial charge in [-0.05, 0) is 60.7 Å². The molecule has 2 aromatic carbocycles. The third kappa shape index (κ3) is 2.99. The maximum absolute atomic E-state index is 13.3. The number of nitrogens with zero attached hydrogens (tertiary/aromatic N) is 2. The van der Waals surface area contributed by atoms with E-state index in [0.29, 0.717) is 11.5 Å². The first kappa shape index (κ1) is 15.1. The first-order valence-corrected chi connectivity index (χ1v) is 7.77. The Hall–Kier alpha value is -3.47. The van der Waals surface area contributed by atoms with Crippen molar-refractivity contribution in [2.75, 3.05) is 0 Å². The van der Waals surface area contributed by atoms with Gasteiger partial charge < -0.3 is 10.1 Å². The summed E-state index contributed by atoms with van der Waals surface area (Å²) in [6.45, 7) is 0. The molecular weight excluding hydrogens is 317 g/mol. The van der Waals surface area contributed by atoms with Gasteiger partial charge in [-0.25, -0.2) is 9.37 Å². The van der Waals surface area contributed by atoms with Crippen LogP contribution in [0, 0.1) is 5.82 Å². The third-order valence-corrected chi connectivity index (χ3v) is 3.88. The average Bonchev–Trinajstić information content (AvgIpc) is 3.09. The normalized spacial score (nSPS) is 10.8. The van der Waals surface area contributed by atoms with Crippen LogP contribution in [0.15, 0.2) is 72.9 Å². The molecule has 0 aliphatic heterocycles. The fraction of sp³-hybridized carbons (Fsp3) is 0. The van der Waals surface area contributed by atoms with Gasteiger partial charge in [-0.2, -0.15) is 0 Å². The van der Waals surface area contributed by atoms with Crippen LogP contribution in [0.2, 0.25) is 0 Å². The van der Waals surface area contributed by atoms with Crippen molar-refractivity contribution in [1.82, 2.24) is 15.0 Å². The maximum Gasteiger partial charge on any atom is 0.138 e. The van der Waals surface area contributed by atoms with Gasteiger partial charge in [0.1, 0.15) is 17.4 Å². The van der Waals surface area contributed by atoms with Gasteiger partial charge in [-0.1, -0.05) is 6.07 Å². The molecule has 0 amide bonds. The second-order valence-corrected chi connectivity index (χ2v) is 5.58. The van der Waals surface area contributed by atoms with Crippen LogP contribution < -0.4 is 0 Å². The third-order valence-electron chi connectivity index (χ3n) is 3.88. The number of nitrogens with one attached hydrogen (secondary N) is 1. The number of hydrogen-bond donors (Lipinski definition) is 2. The van der Waals surface area contributed by atoms with Crippen LogP contribution in [-0.4, -0.2) is 20.1 Å². The van der Waals surface area contributed by atoms with E-state index in [4.69, 9.17) is 0 Å².